The van der Waals surface area contributed by atoms with Gasteiger partial charge in [0.2, 0.25) is 17.6 Å². The molecule has 0 aliphatic carbocycles. The van der Waals surface area contributed by atoms with Crippen molar-refractivity contribution in [2.75, 3.05) is 11.1 Å². The summed E-state index contributed by atoms with van der Waals surface area (Å²) in [7, 11) is 1.75. The third-order valence-corrected chi connectivity index (χ3v) is 5.55. The van der Waals surface area contributed by atoms with E-state index in [2.05, 4.69) is 32.6 Å². The minimum Gasteiger partial charge on any atom is -0.330 e. The zero-order valence-electron chi connectivity index (χ0n) is 16.9. The Kier molecular flexibility index (Phi) is 6.08. The maximum atomic E-state index is 13.1. The van der Waals surface area contributed by atoms with Crippen LogP contribution in [0.1, 0.15) is 12.5 Å². The molecule has 0 atom stereocenters. The van der Waals surface area contributed by atoms with E-state index in [1.54, 1.807) is 23.7 Å². The molecule has 2 aromatic heterocycles. The highest BCUT2D eigenvalue weighted by Gasteiger charge is 2.19. The van der Waals surface area contributed by atoms with Crippen LogP contribution in [0.2, 0.25) is 0 Å². The van der Waals surface area contributed by atoms with Gasteiger partial charge in [-0.2, -0.15) is 4.98 Å². The van der Waals surface area contributed by atoms with Crippen molar-refractivity contribution in [3.05, 3.63) is 59.9 Å². The lowest BCUT2D eigenvalue weighted by atomic mass is 10.1. The summed E-state index contributed by atoms with van der Waals surface area (Å²) in [6, 6.07) is 13.5. The zero-order valence-corrected chi connectivity index (χ0v) is 17.7. The summed E-state index contributed by atoms with van der Waals surface area (Å²) in [6.45, 7) is 2.08. The number of rotatable bonds is 7. The molecule has 0 unspecified atom stereocenters. The molecule has 0 fully saturated rings. The molecule has 1 N–H and O–H groups in total. The maximum absolute atomic E-state index is 13.1. The second kappa shape index (κ2) is 9.09. The molecule has 0 saturated heterocycles. The minimum atomic E-state index is -0.343. The van der Waals surface area contributed by atoms with E-state index in [1.165, 1.54) is 29.5 Å². The van der Waals surface area contributed by atoms with Gasteiger partial charge in [0, 0.05) is 18.3 Å². The van der Waals surface area contributed by atoms with E-state index < -0.39 is 0 Å². The lowest BCUT2D eigenvalue weighted by Crippen LogP contribution is -2.14. The van der Waals surface area contributed by atoms with E-state index in [4.69, 9.17) is 4.52 Å². The summed E-state index contributed by atoms with van der Waals surface area (Å²) >= 11 is 1.25. The third kappa shape index (κ3) is 4.80. The number of carbonyl (C=O) groups excluding carboxylic acids is 1. The van der Waals surface area contributed by atoms with Gasteiger partial charge in [-0.3, -0.25) is 4.79 Å². The lowest BCUT2D eigenvalue weighted by molar-refractivity contribution is -0.113. The van der Waals surface area contributed by atoms with Crippen LogP contribution in [0.4, 0.5) is 10.1 Å². The molecule has 2 aromatic carbocycles. The van der Waals surface area contributed by atoms with Crippen LogP contribution in [0.3, 0.4) is 0 Å². The highest BCUT2D eigenvalue weighted by Crippen LogP contribution is 2.24. The Morgan fingerprint density at radius 1 is 1.13 bits per heavy atom. The van der Waals surface area contributed by atoms with E-state index in [0.29, 0.717) is 22.4 Å². The fraction of sp³-hybridized carbons (Fsp3) is 0.190. The first kappa shape index (κ1) is 20.7. The molecular formula is C21H19FN6O2S. The summed E-state index contributed by atoms with van der Waals surface area (Å²) in [5.41, 5.74) is 2.58. The Hall–Kier alpha value is -3.53. The number of benzene rings is 2. The van der Waals surface area contributed by atoms with Crippen molar-refractivity contribution < 1.29 is 13.7 Å². The van der Waals surface area contributed by atoms with E-state index in [-0.39, 0.29) is 23.4 Å². The molecular weight excluding hydrogens is 419 g/mol. The van der Waals surface area contributed by atoms with Gasteiger partial charge in [0.1, 0.15) is 5.82 Å². The summed E-state index contributed by atoms with van der Waals surface area (Å²) < 4.78 is 20.1. The largest absolute Gasteiger partial charge is 0.330 e. The normalized spacial score (nSPS) is 10.9. The van der Waals surface area contributed by atoms with Gasteiger partial charge in [-0.1, -0.05) is 36.0 Å². The molecule has 31 heavy (non-hydrogen) atoms. The van der Waals surface area contributed by atoms with Crippen molar-refractivity contribution in [1.82, 2.24) is 24.9 Å². The molecule has 0 saturated carbocycles. The number of nitrogens with zero attached hydrogens (tertiary/aromatic N) is 5. The second-order valence-electron chi connectivity index (χ2n) is 6.68. The van der Waals surface area contributed by atoms with Gasteiger partial charge in [0.15, 0.2) is 5.16 Å². The van der Waals surface area contributed by atoms with Crippen LogP contribution in [-0.2, 0) is 18.3 Å². The average Bonchev–Trinajstić information content (AvgIpc) is 3.40. The highest BCUT2D eigenvalue weighted by molar-refractivity contribution is 7.99. The van der Waals surface area contributed by atoms with Crippen molar-refractivity contribution in [3.8, 4) is 23.1 Å². The molecule has 158 valence electrons. The van der Waals surface area contributed by atoms with Gasteiger partial charge in [-0.25, -0.2) is 4.39 Å². The van der Waals surface area contributed by atoms with Gasteiger partial charge in [-0.05, 0) is 48.4 Å². The van der Waals surface area contributed by atoms with Crippen molar-refractivity contribution >= 4 is 23.4 Å². The van der Waals surface area contributed by atoms with Crippen LogP contribution in [0.25, 0.3) is 23.1 Å². The summed E-state index contributed by atoms with van der Waals surface area (Å²) in [4.78, 5) is 16.6. The molecule has 0 radical (unpaired) electrons. The van der Waals surface area contributed by atoms with Gasteiger partial charge in [0.25, 0.3) is 5.89 Å². The first-order valence-corrected chi connectivity index (χ1v) is 10.5. The quantitative estimate of drug-likeness (QED) is 0.436. The van der Waals surface area contributed by atoms with Gasteiger partial charge < -0.3 is 14.4 Å². The Balaban J connectivity index is 1.40. The smallest absolute Gasteiger partial charge is 0.296 e. The van der Waals surface area contributed by atoms with Crippen molar-refractivity contribution in [3.63, 3.8) is 0 Å². The van der Waals surface area contributed by atoms with E-state index in [0.717, 1.165) is 12.1 Å². The van der Waals surface area contributed by atoms with Crippen molar-refractivity contribution in [2.45, 2.75) is 18.5 Å². The maximum Gasteiger partial charge on any atom is 0.296 e. The fourth-order valence-corrected chi connectivity index (χ4v) is 3.52. The van der Waals surface area contributed by atoms with Crippen LogP contribution in [-0.4, -0.2) is 36.6 Å². The summed E-state index contributed by atoms with van der Waals surface area (Å²) in [5.74, 6) is 0.562. The third-order valence-electron chi connectivity index (χ3n) is 4.53. The number of thioether (sulfide) groups is 1. The molecule has 0 bridgehead atoms. The molecule has 8 nitrogen and oxygen atoms in total. The number of carbonyl (C=O) groups is 1. The lowest BCUT2D eigenvalue weighted by Gasteiger charge is -2.06. The predicted octanol–water partition coefficient (Wildman–Crippen LogP) is 3.96. The Labute approximate surface area is 181 Å². The molecule has 1 amide bonds. The van der Waals surface area contributed by atoms with Gasteiger partial charge >= 0.3 is 0 Å². The summed E-state index contributed by atoms with van der Waals surface area (Å²) in [6.07, 6.45) is 0.948. The molecule has 4 rings (SSSR count). The molecule has 0 aliphatic heterocycles. The highest BCUT2D eigenvalue weighted by atomic mass is 32.2. The van der Waals surface area contributed by atoms with Crippen LogP contribution in [0, 0.1) is 5.82 Å². The summed E-state index contributed by atoms with van der Waals surface area (Å²) in [5, 5.41) is 15.5. The van der Waals surface area contributed by atoms with Crippen molar-refractivity contribution in [2.24, 2.45) is 7.05 Å². The monoisotopic (exact) mass is 438 g/mol. The number of nitrogens with one attached hydrogen (secondary N) is 1. The Morgan fingerprint density at radius 2 is 1.87 bits per heavy atom. The van der Waals surface area contributed by atoms with Crippen molar-refractivity contribution in [1.29, 1.82) is 0 Å². The standard InChI is InChI=1S/C21H19FN6O2S/c1-3-13-4-10-16(11-5-13)23-17(29)12-31-21-26-25-19(28(21)2)20-24-18(27-30-20)14-6-8-15(22)9-7-14/h4-11H,3,12H2,1-2H3,(H,23,29). The molecule has 2 heterocycles. The number of hydrogen-bond donors (Lipinski definition) is 1. The molecule has 10 heteroatoms. The van der Waals surface area contributed by atoms with Crippen LogP contribution < -0.4 is 5.32 Å². The number of halogens is 1. The minimum absolute atomic E-state index is 0.143. The zero-order chi connectivity index (χ0) is 21.8. The SMILES string of the molecule is CCc1ccc(NC(=O)CSc2nnc(-c3nc(-c4ccc(F)cc4)no3)n2C)cc1. The Bertz CT molecular complexity index is 1190. The van der Waals surface area contributed by atoms with Crippen LogP contribution in [0.5, 0.6) is 0 Å². The van der Waals surface area contributed by atoms with Crippen LogP contribution >= 0.6 is 11.8 Å². The molecule has 0 spiro atoms. The second-order valence-corrected chi connectivity index (χ2v) is 7.63. The molecule has 0 aliphatic rings. The van der Waals surface area contributed by atoms with E-state index in [9.17, 15) is 9.18 Å². The number of amides is 1. The molecule has 4 aromatic rings. The predicted molar refractivity (Wildman–Crippen MR) is 115 cm³/mol. The van der Waals surface area contributed by atoms with Crippen LogP contribution in [0.15, 0.2) is 58.2 Å². The first-order chi connectivity index (χ1) is 15.0. The number of hydrogen-bond acceptors (Lipinski definition) is 7. The van der Waals surface area contributed by atoms with E-state index >= 15 is 0 Å². The van der Waals surface area contributed by atoms with E-state index in [1.807, 2.05) is 24.3 Å². The Morgan fingerprint density at radius 3 is 2.58 bits per heavy atom. The number of anilines is 1. The average molecular weight is 438 g/mol. The first-order valence-electron chi connectivity index (χ1n) is 9.54. The van der Waals surface area contributed by atoms with Gasteiger partial charge in [0.05, 0.1) is 5.75 Å². The number of aryl methyl sites for hydroxylation is 1. The number of aromatic nitrogens is 5. The van der Waals surface area contributed by atoms with Gasteiger partial charge in [-0.15, -0.1) is 10.2 Å². The topological polar surface area (TPSA) is 98.7 Å². The fourth-order valence-electron chi connectivity index (χ4n) is 2.81.